The van der Waals surface area contributed by atoms with Gasteiger partial charge in [0, 0.05) is 21.3 Å². The molecule has 1 aliphatic heterocycles. The third kappa shape index (κ3) is 3.51. The highest BCUT2D eigenvalue weighted by atomic mass is 79.9. The first-order valence-corrected chi connectivity index (χ1v) is 9.72. The Hall–Kier alpha value is -2.20. The van der Waals surface area contributed by atoms with Crippen LogP contribution in [0.4, 0.5) is 0 Å². The number of carbonyl (C=O) groups is 1. The standard InChI is InChI=1S/C20H23BrN4O2/c1-19(2)17(24-16(26)15-6-5-9-23-25-15)20(3,4)18(19)27-13-8-7-12(11-22)14(21)10-13/h6-8,10,17-18H,5,9H2,1-4H3,(H,24,26). The molecule has 7 heteroatoms. The summed E-state index contributed by atoms with van der Waals surface area (Å²) in [6, 6.07) is 7.40. The molecule has 0 bridgehead atoms. The van der Waals surface area contributed by atoms with Gasteiger partial charge in [-0.05, 0) is 46.6 Å². The lowest BCUT2D eigenvalue weighted by Crippen LogP contribution is -2.74. The fraction of sp³-hybridized carbons (Fsp3) is 0.500. The number of halogens is 1. The van der Waals surface area contributed by atoms with Gasteiger partial charge in [0.2, 0.25) is 0 Å². The second kappa shape index (κ2) is 7.08. The second-order valence-electron chi connectivity index (χ2n) is 8.14. The largest absolute Gasteiger partial charge is 0.489 e. The van der Waals surface area contributed by atoms with Gasteiger partial charge in [0.25, 0.3) is 5.91 Å². The number of hydrogen-bond donors (Lipinski definition) is 1. The highest BCUT2D eigenvalue weighted by Crippen LogP contribution is 2.55. The zero-order valence-corrected chi connectivity index (χ0v) is 17.5. The summed E-state index contributed by atoms with van der Waals surface area (Å²) >= 11 is 3.40. The molecule has 0 radical (unpaired) electrons. The maximum absolute atomic E-state index is 12.5. The van der Waals surface area contributed by atoms with E-state index < -0.39 is 0 Å². The molecule has 3 rings (SSSR count). The number of ether oxygens (including phenoxy) is 1. The van der Waals surface area contributed by atoms with Crippen LogP contribution in [0.25, 0.3) is 0 Å². The predicted octanol–water partition coefficient (Wildman–Crippen LogP) is 4.36. The highest BCUT2D eigenvalue weighted by molar-refractivity contribution is 9.10. The van der Waals surface area contributed by atoms with Crippen LogP contribution in [-0.2, 0) is 4.79 Å². The van der Waals surface area contributed by atoms with E-state index in [4.69, 9.17) is 10.00 Å². The molecule has 1 aliphatic carbocycles. The average molecular weight is 431 g/mol. The van der Waals surface area contributed by atoms with Crippen molar-refractivity contribution < 1.29 is 9.53 Å². The number of azo groups is 1. The molecule has 27 heavy (non-hydrogen) atoms. The Labute approximate surface area is 167 Å². The molecule has 0 saturated heterocycles. The van der Waals surface area contributed by atoms with Crippen LogP contribution in [0.3, 0.4) is 0 Å². The van der Waals surface area contributed by atoms with E-state index in [1.165, 1.54) is 0 Å². The lowest BCUT2D eigenvalue weighted by Gasteiger charge is -2.63. The summed E-state index contributed by atoms with van der Waals surface area (Å²) < 4.78 is 6.98. The summed E-state index contributed by atoms with van der Waals surface area (Å²) in [6.45, 7) is 8.98. The van der Waals surface area contributed by atoms with Crippen LogP contribution >= 0.6 is 15.9 Å². The predicted molar refractivity (Wildman–Crippen MR) is 105 cm³/mol. The normalized spacial score (nSPS) is 25.0. The molecule has 142 valence electrons. The number of hydrogen-bond acceptors (Lipinski definition) is 5. The number of amides is 1. The summed E-state index contributed by atoms with van der Waals surface area (Å²) in [6.07, 6.45) is 2.46. The number of benzene rings is 1. The number of nitrogens with one attached hydrogen (secondary N) is 1. The van der Waals surface area contributed by atoms with E-state index in [1.807, 2.05) is 12.1 Å². The van der Waals surface area contributed by atoms with Crippen LogP contribution in [0.5, 0.6) is 5.75 Å². The summed E-state index contributed by atoms with van der Waals surface area (Å²) in [5, 5.41) is 20.1. The van der Waals surface area contributed by atoms with E-state index in [-0.39, 0.29) is 28.9 Å². The number of nitrogens with zero attached hydrogens (tertiary/aromatic N) is 3. The monoisotopic (exact) mass is 430 g/mol. The van der Waals surface area contributed by atoms with Gasteiger partial charge in [0.05, 0.1) is 12.1 Å². The number of nitriles is 1. The minimum Gasteiger partial charge on any atom is -0.489 e. The molecular weight excluding hydrogens is 408 g/mol. The van der Waals surface area contributed by atoms with Crippen LogP contribution in [-0.4, -0.2) is 24.6 Å². The third-order valence-corrected chi connectivity index (χ3v) is 6.06. The summed E-state index contributed by atoms with van der Waals surface area (Å²) in [4.78, 5) is 12.5. The quantitative estimate of drug-likeness (QED) is 0.769. The van der Waals surface area contributed by atoms with Gasteiger partial charge >= 0.3 is 0 Å². The molecule has 0 spiro atoms. The summed E-state index contributed by atoms with van der Waals surface area (Å²) in [5.41, 5.74) is 0.403. The number of carbonyl (C=O) groups excluding carboxylic acids is 1. The Kier molecular flexibility index (Phi) is 5.13. The van der Waals surface area contributed by atoms with Crippen molar-refractivity contribution in [2.45, 2.75) is 46.3 Å². The topological polar surface area (TPSA) is 86.8 Å². The molecule has 1 aromatic carbocycles. The Morgan fingerprint density at radius 2 is 2.04 bits per heavy atom. The molecule has 1 fully saturated rings. The van der Waals surface area contributed by atoms with Gasteiger partial charge in [0.1, 0.15) is 23.6 Å². The van der Waals surface area contributed by atoms with Crippen molar-refractivity contribution in [1.82, 2.24) is 5.32 Å². The van der Waals surface area contributed by atoms with Gasteiger partial charge in [-0.2, -0.15) is 15.5 Å². The molecular formula is C20H23BrN4O2. The van der Waals surface area contributed by atoms with Crippen LogP contribution in [0.2, 0.25) is 0 Å². The van der Waals surface area contributed by atoms with Crippen molar-refractivity contribution in [3.63, 3.8) is 0 Å². The molecule has 2 aliphatic rings. The van der Waals surface area contributed by atoms with Gasteiger partial charge in [-0.15, -0.1) is 0 Å². The van der Waals surface area contributed by atoms with Gasteiger partial charge in [-0.3, -0.25) is 4.79 Å². The summed E-state index contributed by atoms with van der Waals surface area (Å²) in [7, 11) is 0. The Morgan fingerprint density at radius 1 is 1.33 bits per heavy atom. The smallest absolute Gasteiger partial charge is 0.271 e. The Bertz CT molecular complexity index is 851. The summed E-state index contributed by atoms with van der Waals surface area (Å²) in [5.74, 6) is 0.504. The lowest BCUT2D eigenvalue weighted by atomic mass is 9.49. The fourth-order valence-electron chi connectivity index (χ4n) is 4.36. The molecule has 1 amide bonds. The van der Waals surface area contributed by atoms with E-state index in [2.05, 4.69) is 65.2 Å². The van der Waals surface area contributed by atoms with Crippen molar-refractivity contribution in [2.75, 3.05) is 6.54 Å². The third-order valence-electron chi connectivity index (χ3n) is 5.41. The Morgan fingerprint density at radius 3 is 2.59 bits per heavy atom. The first-order valence-electron chi connectivity index (χ1n) is 8.92. The first-order chi connectivity index (χ1) is 12.7. The van der Waals surface area contributed by atoms with Crippen molar-refractivity contribution in [1.29, 1.82) is 5.26 Å². The maximum atomic E-state index is 12.5. The van der Waals surface area contributed by atoms with Crippen LogP contribution in [0.1, 0.15) is 39.7 Å². The van der Waals surface area contributed by atoms with E-state index in [0.717, 1.165) is 6.42 Å². The van der Waals surface area contributed by atoms with Gasteiger partial charge in [0.15, 0.2) is 0 Å². The average Bonchev–Trinajstić information content (AvgIpc) is 2.64. The second-order valence-corrected chi connectivity index (χ2v) is 9.00. The van der Waals surface area contributed by atoms with Crippen molar-refractivity contribution in [2.24, 2.45) is 21.1 Å². The van der Waals surface area contributed by atoms with E-state index in [0.29, 0.717) is 28.0 Å². The molecule has 0 unspecified atom stereocenters. The van der Waals surface area contributed by atoms with Crippen LogP contribution in [0, 0.1) is 22.2 Å². The lowest BCUT2D eigenvalue weighted by molar-refractivity contribution is -0.172. The van der Waals surface area contributed by atoms with Crippen molar-refractivity contribution in [3.05, 3.63) is 40.0 Å². The molecule has 1 N–H and O–H groups in total. The first kappa shape index (κ1) is 19.6. The van der Waals surface area contributed by atoms with E-state index in [9.17, 15) is 4.79 Å². The molecule has 0 atom stereocenters. The Balaban J connectivity index is 1.75. The highest BCUT2D eigenvalue weighted by Gasteiger charge is 2.64. The molecule has 1 aromatic rings. The van der Waals surface area contributed by atoms with Gasteiger partial charge in [-0.1, -0.05) is 27.7 Å². The number of rotatable bonds is 4. The molecule has 1 saturated carbocycles. The van der Waals surface area contributed by atoms with Crippen LogP contribution in [0.15, 0.2) is 44.7 Å². The molecule has 0 aromatic heterocycles. The van der Waals surface area contributed by atoms with E-state index >= 15 is 0 Å². The molecule has 6 nitrogen and oxygen atoms in total. The minimum absolute atomic E-state index is 0.0673. The SMILES string of the molecule is CC1(C)C(NC(=O)C2=CCCN=N2)C(C)(C)C1Oc1ccc(C#N)c(Br)c1. The minimum atomic E-state index is -0.272. The van der Waals surface area contributed by atoms with Crippen molar-refractivity contribution >= 4 is 21.8 Å². The van der Waals surface area contributed by atoms with Gasteiger partial charge < -0.3 is 10.1 Å². The zero-order chi connectivity index (χ0) is 19.8. The zero-order valence-electron chi connectivity index (χ0n) is 15.9. The molecule has 1 heterocycles. The maximum Gasteiger partial charge on any atom is 0.271 e. The van der Waals surface area contributed by atoms with E-state index in [1.54, 1.807) is 12.1 Å². The van der Waals surface area contributed by atoms with Crippen LogP contribution < -0.4 is 10.1 Å². The van der Waals surface area contributed by atoms with Crippen molar-refractivity contribution in [3.8, 4) is 11.8 Å². The van der Waals surface area contributed by atoms with Gasteiger partial charge in [-0.25, -0.2) is 0 Å². The fourth-order valence-corrected chi connectivity index (χ4v) is 4.81.